The van der Waals surface area contributed by atoms with Gasteiger partial charge < -0.3 is 19.6 Å². The average Bonchev–Trinajstić information content (AvgIpc) is 3.22. The Balaban J connectivity index is 1.50. The zero-order valence-electron chi connectivity index (χ0n) is 20.9. The molecule has 1 spiro atoms. The molecule has 0 radical (unpaired) electrons. The normalized spacial score (nSPS) is 33.9. The van der Waals surface area contributed by atoms with Crippen molar-refractivity contribution in [2.75, 3.05) is 24.7 Å². The first-order valence-electron chi connectivity index (χ1n) is 12.8. The third-order valence-corrected chi connectivity index (χ3v) is 10.0. The van der Waals surface area contributed by atoms with Crippen LogP contribution in [0.25, 0.3) is 10.8 Å². The third kappa shape index (κ3) is 3.49. The molecular formula is C29H30N2O5S. The molecule has 8 heteroatoms. The van der Waals surface area contributed by atoms with Crippen molar-refractivity contribution in [3.05, 3.63) is 66.8 Å². The first-order valence-corrected chi connectivity index (χ1v) is 13.6. The van der Waals surface area contributed by atoms with Crippen LogP contribution in [0.5, 0.6) is 0 Å². The Kier molecular flexibility index (Phi) is 5.73. The fourth-order valence-corrected chi connectivity index (χ4v) is 8.71. The van der Waals surface area contributed by atoms with Crippen LogP contribution in [0.15, 0.2) is 66.8 Å². The Morgan fingerprint density at radius 1 is 1.05 bits per heavy atom. The van der Waals surface area contributed by atoms with Gasteiger partial charge in [-0.2, -0.15) is 0 Å². The number of carbonyl (C=O) groups is 3. The first-order chi connectivity index (χ1) is 17.8. The summed E-state index contributed by atoms with van der Waals surface area (Å²) >= 11 is 1.51. The van der Waals surface area contributed by atoms with Gasteiger partial charge in [0, 0.05) is 17.0 Å². The molecule has 7 nitrogen and oxygen atoms in total. The highest BCUT2D eigenvalue weighted by molar-refractivity contribution is 8.02. The highest BCUT2D eigenvalue weighted by Gasteiger charge is 2.74. The fraction of sp³-hybridized carbons (Fsp3) is 0.414. The maximum Gasteiger partial charge on any atom is 0.311 e. The summed E-state index contributed by atoms with van der Waals surface area (Å²) in [6, 6.07) is 12.4. The molecule has 0 aliphatic carbocycles. The molecule has 4 heterocycles. The van der Waals surface area contributed by atoms with E-state index in [0.29, 0.717) is 13.0 Å². The van der Waals surface area contributed by atoms with Crippen LogP contribution in [0, 0.1) is 11.8 Å². The van der Waals surface area contributed by atoms with Crippen LogP contribution in [0.3, 0.4) is 0 Å². The van der Waals surface area contributed by atoms with Crippen molar-refractivity contribution in [3.63, 3.8) is 0 Å². The van der Waals surface area contributed by atoms with E-state index in [4.69, 9.17) is 4.74 Å². The molecule has 6 rings (SSSR count). The molecule has 2 saturated heterocycles. The van der Waals surface area contributed by atoms with E-state index in [2.05, 4.69) is 0 Å². The predicted octanol–water partition coefficient (Wildman–Crippen LogP) is 3.31. The molecule has 0 aromatic heterocycles. The van der Waals surface area contributed by atoms with Crippen LogP contribution >= 0.6 is 11.8 Å². The van der Waals surface area contributed by atoms with Crippen LogP contribution in [-0.2, 0) is 19.1 Å². The van der Waals surface area contributed by atoms with Gasteiger partial charge in [-0.1, -0.05) is 54.6 Å². The number of hydrogen-bond donors (Lipinski definition) is 1. The number of cyclic esters (lactones) is 1. The van der Waals surface area contributed by atoms with Crippen LogP contribution in [0.1, 0.15) is 20.3 Å². The summed E-state index contributed by atoms with van der Waals surface area (Å²) in [5.74, 6) is -2.39. The molecule has 0 saturated carbocycles. The number of rotatable bonds is 3. The standard InChI is InChI=1S/C29H30N2O5S/c1-18(17-32)31-24-26(34)30(21-11-10-19-8-3-4-9-20(19)16-21)14-7-13-29(24)22(25(31)33)23-27(35)36-15-6-5-12-28(23,2)37-29/h3-5,7-13,16,18,22-24,32H,6,14-15,17H2,1-2H3/t18-,22+,23-,24?,28+,29+/m1/s1. The molecule has 2 aromatic rings. The minimum Gasteiger partial charge on any atom is -0.465 e. The highest BCUT2D eigenvalue weighted by Crippen LogP contribution is 2.65. The van der Waals surface area contributed by atoms with E-state index in [1.54, 1.807) is 11.8 Å². The summed E-state index contributed by atoms with van der Waals surface area (Å²) in [5.41, 5.74) is 0.748. The van der Waals surface area contributed by atoms with Crippen molar-refractivity contribution < 1.29 is 24.2 Å². The number of fused-ring (bicyclic) bond motifs is 3. The number of aliphatic hydroxyl groups is 1. The van der Waals surface area contributed by atoms with Crippen molar-refractivity contribution in [2.24, 2.45) is 11.8 Å². The Labute approximate surface area is 220 Å². The van der Waals surface area contributed by atoms with Gasteiger partial charge in [-0.15, -0.1) is 11.8 Å². The minimum atomic E-state index is -0.962. The molecule has 2 aromatic carbocycles. The van der Waals surface area contributed by atoms with Crippen LogP contribution in [0.4, 0.5) is 5.69 Å². The topological polar surface area (TPSA) is 87.2 Å². The quantitative estimate of drug-likeness (QED) is 0.496. The summed E-state index contributed by atoms with van der Waals surface area (Å²) in [6.07, 6.45) is 8.56. The van der Waals surface area contributed by atoms with E-state index in [1.807, 2.05) is 73.7 Å². The smallest absolute Gasteiger partial charge is 0.311 e. The van der Waals surface area contributed by atoms with E-state index < -0.39 is 39.4 Å². The number of anilines is 1. The lowest BCUT2D eigenvalue weighted by Crippen LogP contribution is -2.56. The zero-order chi connectivity index (χ0) is 25.9. The van der Waals surface area contributed by atoms with Gasteiger partial charge in [-0.3, -0.25) is 14.4 Å². The molecular weight excluding hydrogens is 488 g/mol. The number of hydrogen-bond acceptors (Lipinski definition) is 6. The van der Waals surface area contributed by atoms with Crippen LogP contribution in [0.2, 0.25) is 0 Å². The van der Waals surface area contributed by atoms with Crippen molar-refractivity contribution in [1.82, 2.24) is 4.90 Å². The number of likely N-dealkylation sites (tertiary alicyclic amines) is 1. The SMILES string of the molecule is C[C@H](CO)N1C(=O)[C@@H]2[C@@H]3C(=O)OCCC=C[C@]3(C)S[C@@]23C=CCN(c2ccc4ccccc4c2)C(=O)C13. The second kappa shape index (κ2) is 8.74. The number of benzene rings is 2. The Hall–Kier alpha value is -3.10. The lowest BCUT2D eigenvalue weighted by atomic mass is 9.74. The molecule has 4 aliphatic rings. The number of aliphatic hydroxyl groups excluding tert-OH is 1. The van der Waals surface area contributed by atoms with Gasteiger partial charge in [0.25, 0.3) is 5.91 Å². The number of ether oxygens (including phenoxy) is 1. The molecule has 6 atom stereocenters. The zero-order valence-corrected chi connectivity index (χ0v) is 21.7. The monoisotopic (exact) mass is 518 g/mol. The molecule has 1 N–H and O–H groups in total. The second-order valence-electron chi connectivity index (χ2n) is 10.5. The molecule has 0 bridgehead atoms. The average molecular weight is 519 g/mol. The maximum absolute atomic E-state index is 14.5. The van der Waals surface area contributed by atoms with Gasteiger partial charge in [0.05, 0.1) is 35.8 Å². The molecule has 2 amide bonds. The summed E-state index contributed by atoms with van der Waals surface area (Å²) in [5, 5.41) is 12.2. The van der Waals surface area contributed by atoms with E-state index in [1.165, 1.54) is 16.7 Å². The van der Waals surface area contributed by atoms with Crippen molar-refractivity contribution in [1.29, 1.82) is 0 Å². The Morgan fingerprint density at radius 3 is 2.62 bits per heavy atom. The lowest BCUT2D eigenvalue weighted by Gasteiger charge is -2.39. The highest BCUT2D eigenvalue weighted by atomic mass is 32.2. The number of thioether (sulfide) groups is 1. The fourth-order valence-electron chi connectivity index (χ4n) is 6.57. The molecule has 2 fully saturated rings. The van der Waals surface area contributed by atoms with Crippen LogP contribution < -0.4 is 4.90 Å². The first kappa shape index (κ1) is 24.2. The van der Waals surface area contributed by atoms with E-state index >= 15 is 0 Å². The van der Waals surface area contributed by atoms with Gasteiger partial charge in [0.2, 0.25) is 5.91 Å². The van der Waals surface area contributed by atoms with Gasteiger partial charge in [0.15, 0.2) is 0 Å². The van der Waals surface area contributed by atoms with E-state index in [9.17, 15) is 19.5 Å². The second-order valence-corrected chi connectivity index (χ2v) is 12.3. The van der Waals surface area contributed by atoms with Gasteiger partial charge in [0.1, 0.15) is 6.04 Å². The summed E-state index contributed by atoms with van der Waals surface area (Å²) < 4.78 is 3.90. The molecule has 37 heavy (non-hydrogen) atoms. The van der Waals surface area contributed by atoms with Gasteiger partial charge in [-0.25, -0.2) is 0 Å². The van der Waals surface area contributed by atoms with Crippen molar-refractivity contribution in [3.8, 4) is 0 Å². The number of amides is 2. The minimum absolute atomic E-state index is 0.209. The number of esters is 1. The number of carbonyl (C=O) groups excluding carboxylic acids is 3. The van der Waals surface area contributed by atoms with Crippen LogP contribution in [-0.4, -0.2) is 69.1 Å². The maximum atomic E-state index is 14.5. The Bertz CT molecular complexity index is 1360. The lowest BCUT2D eigenvalue weighted by molar-refractivity contribution is -0.154. The Morgan fingerprint density at radius 2 is 1.84 bits per heavy atom. The summed E-state index contributed by atoms with van der Waals surface area (Å²) in [7, 11) is 0. The third-order valence-electron chi connectivity index (χ3n) is 8.24. The number of nitrogens with zero attached hydrogens (tertiary/aromatic N) is 2. The molecule has 1 unspecified atom stereocenters. The molecule has 192 valence electrons. The summed E-state index contributed by atoms with van der Waals surface area (Å²) in [6.45, 7) is 4.04. The van der Waals surface area contributed by atoms with E-state index in [-0.39, 0.29) is 25.0 Å². The molecule has 4 aliphatic heterocycles. The summed E-state index contributed by atoms with van der Waals surface area (Å²) in [4.78, 5) is 45.2. The van der Waals surface area contributed by atoms with Gasteiger partial charge >= 0.3 is 5.97 Å². The largest absolute Gasteiger partial charge is 0.465 e. The van der Waals surface area contributed by atoms with Gasteiger partial charge in [-0.05, 0) is 43.2 Å². The predicted molar refractivity (Wildman–Crippen MR) is 143 cm³/mol. The van der Waals surface area contributed by atoms with E-state index in [0.717, 1.165) is 16.5 Å². The van der Waals surface area contributed by atoms with Crippen molar-refractivity contribution >= 4 is 46.0 Å². The van der Waals surface area contributed by atoms with Crippen molar-refractivity contribution in [2.45, 2.75) is 41.8 Å².